The van der Waals surface area contributed by atoms with E-state index in [0.29, 0.717) is 13.2 Å². The molecule has 0 fully saturated rings. The molecule has 2 rings (SSSR count). The van der Waals surface area contributed by atoms with Crippen molar-refractivity contribution in [3.05, 3.63) is 23.7 Å². The Balaban J connectivity index is 2.19. The molecule has 1 aromatic carbocycles. The largest absolute Gasteiger partial charge is 0.491 e. The molecule has 0 unspecified atom stereocenters. The Hall–Kier alpha value is -1.13. The molecule has 0 amide bonds. The van der Waals surface area contributed by atoms with E-state index in [-0.39, 0.29) is 0 Å². The number of nitrogens with zero attached hydrogens (tertiary/aromatic N) is 1. The highest BCUT2D eigenvalue weighted by Gasteiger charge is 2.03. The molecule has 1 heterocycles. The monoisotopic (exact) mass is 208 g/mol. The molecule has 1 aromatic heterocycles. The van der Waals surface area contributed by atoms with E-state index >= 15 is 0 Å². The second-order valence-corrected chi connectivity index (χ2v) is 3.83. The first kappa shape index (κ1) is 9.43. The number of hydrogen-bond donors (Lipinski definition) is 1. The smallest absolute Gasteiger partial charge is 0.146 e. The Morgan fingerprint density at radius 2 is 2.36 bits per heavy atom. The van der Waals surface area contributed by atoms with Gasteiger partial charge in [0.1, 0.15) is 11.3 Å². The van der Waals surface area contributed by atoms with Gasteiger partial charge in [0.05, 0.1) is 16.8 Å². The molecule has 4 heteroatoms. The number of rotatable bonds is 4. The van der Waals surface area contributed by atoms with Crippen molar-refractivity contribution in [2.24, 2.45) is 5.73 Å². The third-order valence-corrected chi connectivity index (χ3v) is 2.72. The lowest BCUT2D eigenvalue weighted by atomic mass is 10.3. The first-order valence-electron chi connectivity index (χ1n) is 4.57. The third-order valence-electron chi connectivity index (χ3n) is 1.93. The van der Waals surface area contributed by atoms with Crippen LogP contribution in [0.5, 0.6) is 5.75 Å². The average Bonchev–Trinajstić information content (AvgIpc) is 2.67. The van der Waals surface area contributed by atoms with Crippen LogP contribution in [0.1, 0.15) is 6.42 Å². The van der Waals surface area contributed by atoms with Crippen LogP contribution in [0.4, 0.5) is 0 Å². The van der Waals surface area contributed by atoms with Crippen LogP contribution in [-0.4, -0.2) is 18.1 Å². The van der Waals surface area contributed by atoms with Gasteiger partial charge in [-0.2, -0.15) is 0 Å². The molecule has 0 aliphatic rings. The second-order valence-electron chi connectivity index (χ2n) is 2.95. The highest BCUT2D eigenvalue weighted by molar-refractivity contribution is 7.16. The lowest BCUT2D eigenvalue weighted by Gasteiger charge is -2.04. The molecule has 0 bridgehead atoms. The molecular formula is C10H12N2OS. The van der Waals surface area contributed by atoms with Gasteiger partial charge >= 0.3 is 0 Å². The van der Waals surface area contributed by atoms with E-state index in [1.54, 1.807) is 11.3 Å². The molecule has 0 atom stereocenters. The van der Waals surface area contributed by atoms with Gasteiger partial charge in [-0.15, -0.1) is 11.3 Å². The number of nitrogens with two attached hydrogens (primary N) is 1. The summed E-state index contributed by atoms with van der Waals surface area (Å²) < 4.78 is 6.74. The van der Waals surface area contributed by atoms with E-state index in [1.807, 2.05) is 23.7 Å². The zero-order chi connectivity index (χ0) is 9.80. The maximum atomic E-state index is 5.58. The second kappa shape index (κ2) is 4.39. The normalized spacial score (nSPS) is 10.6. The maximum Gasteiger partial charge on any atom is 0.146 e. The lowest BCUT2D eigenvalue weighted by molar-refractivity contribution is 0.316. The van der Waals surface area contributed by atoms with Crippen LogP contribution in [0.3, 0.4) is 0 Å². The van der Waals surface area contributed by atoms with E-state index in [1.165, 1.54) is 0 Å². The highest BCUT2D eigenvalue weighted by Crippen LogP contribution is 2.26. The predicted molar refractivity (Wildman–Crippen MR) is 58.8 cm³/mol. The molecule has 3 nitrogen and oxygen atoms in total. The Labute approximate surface area is 86.5 Å². The van der Waals surface area contributed by atoms with Crippen molar-refractivity contribution >= 4 is 21.6 Å². The van der Waals surface area contributed by atoms with E-state index in [4.69, 9.17) is 10.5 Å². The molecule has 0 aliphatic carbocycles. The number of thiazole rings is 1. The quantitative estimate of drug-likeness (QED) is 0.782. The molecule has 0 saturated carbocycles. The summed E-state index contributed by atoms with van der Waals surface area (Å²) in [5.41, 5.74) is 8.18. The first-order valence-corrected chi connectivity index (χ1v) is 5.45. The Kier molecular flexibility index (Phi) is 2.96. The van der Waals surface area contributed by atoms with Gasteiger partial charge < -0.3 is 10.5 Å². The van der Waals surface area contributed by atoms with Gasteiger partial charge in [-0.05, 0) is 25.1 Å². The molecule has 0 saturated heterocycles. The standard InChI is InChI=1S/C10H12N2OS/c11-5-2-6-13-8-3-1-4-9-10(8)12-7-14-9/h1,3-4,7H,2,5-6,11H2. The van der Waals surface area contributed by atoms with Crippen LogP contribution in [0.15, 0.2) is 23.7 Å². The number of fused-ring (bicyclic) bond motifs is 1. The van der Waals surface area contributed by atoms with Gasteiger partial charge in [0.25, 0.3) is 0 Å². The topological polar surface area (TPSA) is 48.1 Å². The average molecular weight is 208 g/mol. The van der Waals surface area contributed by atoms with Gasteiger partial charge in [0.2, 0.25) is 0 Å². The van der Waals surface area contributed by atoms with Crippen molar-refractivity contribution in [1.29, 1.82) is 0 Å². The van der Waals surface area contributed by atoms with Crippen LogP contribution in [0, 0.1) is 0 Å². The number of hydrogen-bond acceptors (Lipinski definition) is 4. The first-order chi connectivity index (χ1) is 6.92. The van der Waals surface area contributed by atoms with E-state index in [0.717, 1.165) is 22.4 Å². The van der Waals surface area contributed by atoms with Gasteiger partial charge in [-0.25, -0.2) is 4.98 Å². The molecule has 0 aliphatic heterocycles. The summed E-state index contributed by atoms with van der Waals surface area (Å²) >= 11 is 1.62. The minimum atomic E-state index is 0.660. The number of aromatic nitrogens is 1. The van der Waals surface area contributed by atoms with Gasteiger partial charge in [0.15, 0.2) is 0 Å². The molecular weight excluding hydrogens is 196 g/mol. The summed E-state index contributed by atoms with van der Waals surface area (Å²) in [4.78, 5) is 4.26. The Morgan fingerprint density at radius 1 is 1.43 bits per heavy atom. The molecule has 0 spiro atoms. The van der Waals surface area contributed by atoms with Crippen LogP contribution in [0.2, 0.25) is 0 Å². The van der Waals surface area contributed by atoms with Gasteiger partial charge in [0, 0.05) is 0 Å². The van der Waals surface area contributed by atoms with E-state index in [2.05, 4.69) is 4.98 Å². The fraction of sp³-hybridized carbons (Fsp3) is 0.300. The zero-order valence-corrected chi connectivity index (χ0v) is 8.59. The summed E-state index contributed by atoms with van der Waals surface area (Å²) in [6.07, 6.45) is 0.876. The van der Waals surface area contributed by atoms with Gasteiger partial charge in [-0.1, -0.05) is 6.07 Å². The SMILES string of the molecule is NCCCOc1cccc2scnc12. The summed E-state index contributed by atoms with van der Waals surface area (Å²) in [5, 5.41) is 0. The fourth-order valence-corrected chi connectivity index (χ4v) is 1.94. The molecule has 2 N–H and O–H groups in total. The van der Waals surface area contributed by atoms with Crippen molar-refractivity contribution in [2.75, 3.05) is 13.2 Å². The third kappa shape index (κ3) is 1.86. The minimum absolute atomic E-state index is 0.660. The number of para-hydroxylation sites is 1. The van der Waals surface area contributed by atoms with Crippen molar-refractivity contribution in [2.45, 2.75) is 6.42 Å². The van der Waals surface area contributed by atoms with Crippen LogP contribution >= 0.6 is 11.3 Å². The van der Waals surface area contributed by atoms with Gasteiger partial charge in [-0.3, -0.25) is 0 Å². The maximum absolute atomic E-state index is 5.58. The van der Waals surface area contributed by atoms with Crippen LogP contribution in [0.25, 0.3) is 10.2 Å². The summed E-state index contributed by atoms with van der Waals surface area (Å²) in [6.45, 7) is 1.32. The van der Waals surface area contributed by atoms with Crippen molar-refractivity contribution in [3.63, 3.8) is 0 Å². The van der Waals surface area contributed by atoms with Crippen molar-refractivity contribution < 1.29 is 4.74 Å². The Morgan fingerprint density at radius 3 is 3.21 bits per heavy atom. The summed E-state index contributed by atoms with van der Waals surface area (Å²) in [6, 6.07) is 5.97. The van der Waals surface area contributed by atoms with E-state index < -0.39 is 0 Å². The summed E-state index contributed by atoms with van der Waals surface area (Å²) in [5.74, 6) is 0.859. The zero-order valence-electron chi connectivity index (χ0n) is 7.77. The number of ether oxygens (including phenoxy) is 1. The minimum Gasteiger partial charge on any atom is -0.491 e. The molecule has 0 radical (unpaired) electrons. The van der Waals surface area contributed by atoms with E-state index in [9.17, 15) is 0 Å². The Bertz CT molecular complexity index is 413. The van der Waals surface area contributed by atoms with Crippen molar-refractivity contribution in [1.82, 2.24) is 4.98 Å². The number of benzene rings is 1. The predicted octanol–water partition coefficient (Wildman–Crippen LogP) is 2.02. The molecule has 2 aromatic rings. The summed E-state index contributed by atoms with van der Waals surface area (Å²) in [7, 11) is 0. The molecule has 14 heavy (non-hydrogen) atoms. The van der Waals surface area contributed by atoms with Crippen LogP contribution in [-0.2, 0) is 0 Å². The fourth-order valence-electron chi connectivity index (χ4n) is 1.24. The van der Waals surface area contributed by atoms with Crippen molar-refractivity contribution in [3.8, 4) is 5.75 Å². The lowest BCUT2D eigenvalue weighted by Crippen LogP contribution is -2.06. The highest BCUT2D eigenvalue weighted by atomic mass is 32.1. The van der Waals surface area contributed by atoms with Crippen LogP contribution < -0.4 is 10.5 Å². The molecule has 74 valence electrons.